The summed E-state index contributed by atoms with van der Waals surface area (Å²) in [4.78, 5) is 31.0. The summed E-state index contributed by atoms with van der Waals surface area (Å²) in [6, 6.07) is 10.4. The van der Waals surface area contributed by atoms with Crippen molar-refractivity contribution in [2.45, 2.75) is 18.6 Å². The number of carbonyl (C=O) groups is 2. The molecule has 29 heavy (non-hydrogen) atoms. The van der Waals surface area contributed by atoms with Gasteiger partial charge in [0.15, 0.2) is 5.17 Å². The number of ether oxygens (including phenoxy) is 1. The Labute approximate surface area is 183 Å². The highest BCUT2D eigenvalue weighted by molar-refractivity contribution is 8.15. The van der Waals surface area contributed by atoms with Crippen LogP contribution in [0.1, 0.15) is 12.0 Å². The van der Waals surface area contributed by atoms with Crippen molar-refractivity contribution in [3.63, 3.8) is 0 Å². The number of aliphatic imine (C=N–C) groups is 1. The van der Waals surface area contributed by atoms with Gasteiger partial charge in [-0.25, -0.2) is 4.99 Å². The molecule has 1 aliphatic heterocycles. The number of carbonyl (C=O) groups excluding carboxylic acids is 2. The molecule has 1 aliphatic rings. The molecule has 0 unspecified atom stereocenters. The molecule has 1 atom stereocenters. The lowest BCUT2D eigenvalue weighted by Gasteiger charge is -2.11. The molecule has 6 nitrogen and oxygen atoms in total. The Bertz CT molecular complexity index is 997. The van der Waals surface area contributed by atoms with E-state index in [0.29, 0.717) is 32.3 Å². The van der Waals surface area contributed by atoms with Crippen molar-refractivity contribution >= 4 is 63.3 Å². The lowest BCUT2D eigenvalue weighted by atomic mass is 10.2. The molecule has 3 rings (SSSR count). The van der Waals surface area contributed by atoms with Gasteiger partial charge in [0.1, 0.15) is 16.7 Å². The van der Waals surface area contributed by atoms with E-state index in [4.69, 9.17) is 27.9 Å². The van der Waals surface area contributed by atoms with Gasteiger partial charge in [0, 0.05) is 29.2 Å². The van der Waals surface area contributed by atoms with E-state index < -0.39 is 5.25 Å². The minimum absolute atomic E-state index is 0.0193. The van der Waals surface area contributed by atoms with Crippen LogP contribution in [-0.4, -0.2) is 41.3 Å². The Balaban J connectivity index is 1.74. The molecule has 0 bridgehead atoms. The van der Waals surface area contributed by atoms with Gasteiger partial charge in [0.2, 0.25) is 11.8 Å². The predicted molar refractivity (Wildman–Crippen MR) is 119 cm³/mol. The van der Waals surface area contributed by atoms with Crippen LogP contribution in [0.25, 0.3) is 0 Å². The fourth-order valence-electron chi connectivity index (χ4n) is 2.76. The third-order valence-electron chi connectivity index (χ3n) is 4.41. The molecule has 9 heteroatoms. The molecule has 1 saturated heterocycles. The lowest BCUT2D eigenvalue weighted by Crippen LogP contribution is -2.30. The van der Waals surface area contributed by atoms with Crippen molar-refractivity contribution < 1.29 is 14.3 Å². The summed E-state index contributed by atoms with van der Waals surface area (Å²) in [5.41, 5.74) is 1.92. The van der Waals surface area contributed by atoms with Crippen LogP contribution in [0.15, 0.2) is 41.4 Å². The number of hydrogen-bond acceptors (Lipinski definition) is 5. The summed E-state index contributed by atoms with van der Waals surface area (Å²) in [5, 5.41) is 3.81. The molecule has 0 aliphatic carbocycles. The second-order valence-electron chi connectivity index (χ2n) is 6.38. The Morgan fingerprint density at radius 1 is 1.31 bits per heavy atom. The maximum atomic E-state index is 12.6. The maximum absolute atomic E-state index is 12.6. The van der Waals surface area contributed by atoms with E-state index in [1.54, 1.807) is 43.4 Å². The number of nitrogens with zero attached hydrogens (tertiary/aromatic N) is 2. The molecule has 152 valence electrons. The number of thioether (sulfide) groups is 1. The van der Waals surface area contributed by atoms with Crippen LogP contribution in [0.3, 0.4) is 0 Å². The van der Waals surface area contributed by atoms with Gasteiger partial charge in [0.05, 0.1) is 7.11 Å². The molecular weight excluding hydrogens is 433 g/mol. The second-order valence-corrected chi connectivity index (χ2v) is 8.39. The topological polar surface area (TPSA) is 71.0 Å². The first-order chi connectivity index (χ1) is 13.8. The first kappa shape index (κ1) is 21.5. The van der Waals surface area contributed by atoms with Crippen LogP contribution >= 0.6 is 35.0 Å². The molecule has 0 aromatic heterocycles. The second kappa shape index (κ2) is 9.07. The van der Waals surface area contributed by atoms with E-state index in [2.05, 4.69) is 10.3 Å². The molecule has 0 radical (unpaired) electrons. The highest BCUT2D eigenvalue weighted by Crippen LogP contribution is 2.35. The number of amides is 2. The lowest BCUT2D eigenvalue weighted by molar-refractivity contribution is -0.127. The fraction of sp³-hybridized carbons (Fsp3) is 0.250. The Hall–Kier alpha value is -2.22. The van der Waals surface area contributed by atoms with Gasteiger partial charge in [-0.1, -0.05) is 41.0 Å². The number of halogens is 2. The number of nitrogens with one attached hydrogen (secondary N) is 1. The van der Waals surface area contributed by atoms with E-state index in [1.807, 2.05) is 6.92 Å². The number of hydrogen-bond donors (Lipinski definition) is 1. The van der Waals surface area contributed by atoms with Crippen molar-refractivity contribution in [2.24, 2.45) is 4.99 Å². The average Bonchev–Trinajstić information content (AvgIpc) is 2.93. The van der Waals surface area contributed by atoms with Crippen molar-refractivity contribution in [3.8, 4) is 5.75 Å². The highest BCUT2D eigenvalue weighted by Gasteiger charge is 2.37. The van der Waals surface area contributed by atoms with Crippen LogP contribution in [-0.2, 0) is 9.59 Å². The van der Waals surface area contributed by atoms with Crippen LogP contribution in [0.5, 0.6) is 5.75 Å². The zero-order valence-electron chi connectivity index (χ0n) is 16.0. The molecule has 1 fully saturated rings. The third-order valence-corrected chi connectivity index (χ3v) is 6.28. The van der Waals surface area contributed by atoms with Crippen molar-refractivity contribution in [3.05, 3.63) is 52.0 Å². The molecular formula is C20H19Cl2N3O3S. The Morgan fingerprint density at radius 2 is 2.07 bits per heavy atom. The van der Waals surface area contributed by atoms with E-state index in [1.165, 1.54) is 23.8 Å². The monoisotopic (exact) mass is 451 g/mol. The van der Waals surface area contributed by atoms with Crippen LogP contribution in [0.4, 0.5) is 11.4 Å². The fourth-order valence-corrected chi connectivity index (χ4v) is 4.25. The van der Waals surface area contributed by atoms with Gasteiger partial charge in [-0.3, -0.25) is 14.5 Å². The maximum Gasteiger partial charge on any atom is 0.242 e. The predicted octanol–water partition coefficient (Wildman–Crippen LogP) is 4.90. The van der Waals surface area contributed by atoms with Crippen LogP contribution < -0.4 is 10.1 Å². The highest BCUT2D eigenvalue weighted by atomic mass is 35.5. The molecule has 2 aromatic rings. The van der Waals surface area contributed by atoms with Crippen molar-refractivity contribution in [1.29, 1.82) is 0 Å². The third kappa shape index (κ3) is 4.86. The first-order valence-corrected chi connectivity index (χ1v) is 10.3. The van der Waals surface area contributed by atoms with Gasteiger partial charge < -0.3 is 10.1 Å². The molecule has 0 spiro atoms. The average molecular weight is 452 g/mol. The summed E-state index contributed by atoms with van der Waals surface area (Å²) in [5.74, 6) is 0.0879. The Morgan fingerprint density at radius 3 is 2.79 bits per heavy atom. The molecule has 1 N–H and O–H groups in total. The van der Waals surface area contributed by atoms with Gasteiger partial charge in [-0.2, -0.15) is 0 Å². The summed E-state index contributed by atoms with van der Waals surface area (Å²) in [7, 11) is 3.17. The zero-order chi connectivity index (χ0) is 21.1. The SMILES string of the molecule is COc1ccc(Cl)cc1N=C1S[C@H](CC(=O)Nc2cccc(Cl)c2C)C(=O)N1C. The van der Waals surface area contributed by atoms with Gasteiger partial charge in [-0.05, 0) is 42.8 Å². The van der Waals surface area contributed by atoms with Gasteiger partial charge >= 0.3 is 0 Å². The minimum Gasteiger partial charge on any atom is -0.494 e. The van der Waals surface area contributed by atoms with E-state index >= 15 is 0 Å². The van der Waals surface area contributed by atoms with Crippen LogP contribution in [0.2, 0.25) is 10.0 Å². The number of rotatable bonds is 5. The van der Waals surface area contributed by atoms with E-state index in [-0.39, 0.29) is 18.2 Å². The van der Waals surface area contributed by atoms with E-state index in [0.717, 1.165) is 5.56 Å². The smallest absolute Gasteiger partial charge is 0.242 e. The number of methoxy groups -OCH3 is 1. The molecule has 2 amide bonds. The standard InChI is InChI=1S/C20H19Cl2N3O3S/c1-11-13(22)5-4-6-14(11)23-18(26)10-17-19(27)25(2)20(29-17)24-15-9-12(21)7-8-16(15)28-3/h4-9,17H,10H2,1-3H3,(H,23,26)/t17-/m1/s1. The van der Waals surface area contributed by atoms with Crippen molar-refractivity contribution in [2.75, 3.05) is 19.5 Å². The Kier molecular flexibility index (Phi) is 6.72. The first-order valence-electron chi connectivity index (χ1n) is 8.71. The van der Waals surface area contributed by atoms with Gasteiger partial charge in [-0.15, -0.1) is 0 Å². The van der Waals surface area contributed by atoms with Crippen LogP contribution in [0, 0.1) is 6.92 Å². The summed E-state index contributed by atoms with van der Waals surface area (Å²) in [6.07, 6.45) is 0.0193. The molecule has 0 saturated carbocycles. The molecule has 2 aromatic carbocycles. The normalized spacial score (nSPS) is 17.7. The van der Waals surface area contributed by atoms with Crippen molar-refractivity contribution in [1.82, 2.24) is 4.90 Å². The summed E-state index contributed by atoms with van der Waals surface area (Å²) in [6.45, 7) is 1.82. The quantitative estimate of drug-likeness (QED) is 0.701. The number of anilines is 1. The van der Waals surface area contributed by atoms with E-state index in [9.17, 15) is 9.59 Å². The summed E-state index contributed by atoms with van der Waals surface area (Å²) >= 11 is 13.4. The van der Waals surface area contributed by atoms with Gasteiger partial charge in [0.25, 0.3) is 0 Å². The minimum atomic E-state index is -0.566. The number of benzene rings is 2. The zero-order valence-corrected chi connectivity index (χ0v) is 18.4. The summed E-state index contributed by atoms with van der Waals surface area (Å²) < 4.78 is 5.30. The largest absolute Gasteiger partial charge is 0.494 e. The molecule has 1 heterocycles. The number of amidine groups is 1.